The number of hydrogen-bond donors (Lipinski definition) is 5. The second kappa shape index (κ2) is 17.2. The molecule has 0 bridgehead atoms. The zero-order valence-corrected chi connectivity index (χ0v) is 25.0. The van der Waals surface area contributed by atoms with Crippen molar-refractivity contribution in [2.75, 3.05) is 32.8 Å². The molecule has 3 rings (SSSR count). The van der Waals surface area contributed by atoms with Crippen LogP contribution in [-0.4, -0.2) is 66.2 Å². The molecular weight excluding hydrogens is 574 g/mol. The summed E-state index contributed by atoms with van der Waals surface area (Å²) in [6, 6.07) is 3.67. The lowest BCUT2D eigenvalue weighted by atomic mass is 9.84. The normalized spacial score (nSPS) is 18.2. The molecule has 1 heterocycles. The van der Waals surface area contributed by atoms with E-state index < -0.39 is 18.0 Å². The number of pyridine rings is 1. The van der Waals surface area contributed by atoms with Crippen molar-refractivity contribution < 1.29 is 27.8 Å². The number of carbonyl (C=O) groups excluding carboxylic acids is 2. The minimum absolute atomic E-state index is 0.0121. The molecule has 12 nitrogen and oxygen atoms in total. The Morgan fingerprint density at radius 1 is 1.14 bits per heavy atom. The van der Waals surface area contributed by atoms with Crippen LogP contribution in [0.15, 0.2) is 60.1 Å². The Morgan fingerprint density at radius 2 is 1.82 bits per heavy atom. The predicted molar refractivity (Wildman–Crippen MR) is 161 cm³/mol. The maximum absolute atomic E-state index is 14.9. The standard InChI is InChI=1S/C30H44F2N8O4/c1-20-2-4-21(5-3-20)24(26-11-10-25(22-6-7-22)30(32)38-26)9-8-23(31)16-37-29(42)19-40(36)18-28(34)44-15-14-43-27(33)17-39(35)12-13-41/h2,4-5,10-11,13,17-18,20,22-24H,3,6-9,12,14-16,19,33-36H2,1H3,(H,37,42)/b27-17+,28-18+. The van der Waals surface area contributed by atoms with Gasteiger partial charge >= 0.3 is 0 Å². The summed E-state index contributed by atoms with van der Waals surface area (Å²) in [7, 11) is 0. The lowest BCUT2D eigenvalue weighted by Crippen LogP contribution is -2.40. The average Bonchev–Trinajstić information content (AvgIpc) is 3.81. The Balaban J connectivity index is 1.42. The van der Waals surface area contributed by atoms with E-state index in [0.717, 1.165) is 34.9 Å². The van der Waals surface area contributed by atoms with Crippen LogP contribution in [0.2, 0.25) is 0 Å². The molecule has 0 spiro atoms. The third-order valence-electron chi connectivity index (χ3n) is 7.13. The van der Waals surface area contributed by atoms with Gasteiger partial charge in [0.05, 0.1) is 24.6 Å². The lowest BCUT2D eigenvalue weighted by molar-refractivity contribution is -0.122. The molecule has 1 aromatic rings. The molecule has 0 aliphatic heterocycles. The van der Waals surface area contributed by atoms with Crippen LogP contribution in [0.1, 0.15) is 62.1 Å². The fourth-order valence-electron chi connectivity index (χ4n) is 4.64. The van der Waals surface area contributed by atoms with Gasteiger partial charge in [-0.15, -0.1) is 0 Å². The summed E-state index contributed by atoms with van der Waals surface area (Å²) in [5.41, 5.74) is 13.6. The van der Waals surface area contributed by atoms with Gasteiger partial charge in [0.1, 0.15) is 32.2 Å². The summed E-state index contributed by atoms with van der Waals surface area (Å²) >= 11 is 0. The van der Waals surface area contributed by atoms with Crippen molar-refractivity contribution in [1.82, 2.24) is 20.3 Å². The van der Waals surface area contributed by atoms with Gasteiger partial charge in [-0.2, -0.15) is 4.39 Å². The SMILES string of the molecule is CC1C=CC(C(CCC(F)CNC(=O)CN(N)/C=C(\N)OCCO/C(N)=C/N(N)CC=O)c2ccc(C3CC3)c(F)n2)=CC1. The van der Waals surface area contributed by atoms with E-state index in [0.29, 0.717) is 29.9 Å². The van der Waals surface area contributed by atoms with Crippen LogP contribution in [0.4, 0.5) is 8.78 Å². The minimum atomic E-state index is -1.33. The summed E-state index contributed by atoms with van der Waals surface area (Å²) < 4.78 is 40.1. The Bertz CT molecular complexity index is 1240. The number of allylic oxidation sites excluding steroid dienone is 4. The smallest absolute Gasteiger partial charge is 0.241 e. The first-order valence-corrected chi connectivity index (χ1v) is 14.7. The fourth-order valence-corrected chi connectivity index (χ4v) is 4.64. The number of alkyl halides is 1. The van der Waals surface area contributed by atoms with Gasteiger partial charge in [-0.3, -0.25) is 4.79 Å². The summed E-state index contributed by atoms with van der Waals surface area (Å²) in [6.45, 7) is 1.61. The van der Waals surface area contributed by atoms with Gasteiger partial charge in [-0.25, -0.2) is 21.1 Å². The number of carbonyl (C=O) groups is 2. The first-order chi connectivity index (χ1) is 21.0. The van der Waals surface area contributed by atoms with E-state index in [2.05, 4.69) is 29.4 Å². The molecule has 0 saturated heterocycles. The van der Waals surface area contributed by atoms with Gasteiger partial charge in [-0.05, 0) is 55.6 Å². The molecule has 44 heavy (non-hydrogen) atoms. The van der Waals surface area contributed by atoms with E-state index in [1.165, 1.54) is 12.4 Å². The quantitative estimate of drug-likeness (QED) is 0.0381. The van der Waals surface area contributed by atoms with Gasteiger partial charge in [0.25, 0.3) is 0 Å². The van der Waals surface area contributed by atoms with Crippen molar-refractivity contribution in [2.24, 2.45) is 29.1 Å². The number of nitrogens with zero attached hydrogens (tertiary/aromatic N) is 3. The second-order valence-electron chi connectivity index (χ2n) is 11.0. The Morgan fingerprint density at radius 3 is 2.41 bits per heavy atom. The van der Waals surface area contributed by atoms with Gasteiger partial charge in [-0.1, -0.05) is 31.2 Å². The van der Waals surface area contributed by atoms with Crippen LogP contribution < -0.4 is 28.5 Å². The molecule has 0 aromatic carbocycles. The number of aromatic nitrogens is 1. The van der Waals surface area contributed by atoms with Gasteiger partial charge in [0.15, 0.2) is 0 Å². The number of hydrazine groups is 2. The monoisotopic (exact) mass is 618 g/mol. The molecule has 1 fully saturated rings. The largest absolute Gasteiger partial charge is 0.475 e. The van der Waals surface area contributed by atoms with Crippen LogP contribution in [-0.2, 0) is 19.1 Å². The molecule has 3 atom stereocenters. The minimum Gasteiger partial charge on any atom is -0.475 e. The molecule has 1 aromatic heterocycles. The maximum atomic E-state index is 14.9. The lowest BCUT2D eigenvalue weighted by Gasteiger charge is -2.23. The second-order valence-corrected chi connectivity index (χ2v) is 11.0. The molecule has 0 radical (unpaired) electrons. The van der Waals surface area contributed by atoms with E-state index in [1.807, 2.05) is 18.2 Å². The van der Waals surface area contributed by atoms with Crippen molar-refractivity contribution in [3.05, 3.63) is 77.3 Å². The molecule has 2 aliphatic carbocycles. The number of amides is 1. The Hall–Kier alpha value is -4.17. The highest BCUT2D eigenvalue weighted by Crippen LogP contribution is 2.42. The third kappa shape index (κ3) is 11.8. The predicted octanol–water partition coefficient (Wildman–Crippen LogP) is 2.04. The van der Waals surface area contributed by atoms with Crippen LogP contribution >= 0.6 is 0 Å². The van der Waals surface area contributed by atoms with E-state index in [1.54, 1.807) is 0 Å². The number of aldehydes is 1. The Labute approximate surface area is 256 Å². The summed E-state index contributed by atoms with van der Waals surface area (Å²) in [6.07, 6.45) is 11.3. The molecule has 1 amide bonds. The van der Waals surface area contributed by atoms with E-state index in [4.69, 9.17) is 32.6 Å². The average molecular weight is 619 g/mol. The van der Waals surface area contributed by atoms with Crippen molar-refractivity contribution in [3.63, 3.8) is 0 Å². The van der Waals surface area contributed by atoms with Crippen molar-refractivity contribution in [2.45, 2.75) is 57.0 Å². The van der Waals surface area contributed by atoms with Gasteiger partial charge in [0, 0.05) is 18.0 Å². The molecule has 242 valence electrons. The van der Waals surface area contributed by atoms with Crippen molar-refractivity contribution >= 4 is 12.2 Å². The molecule has 1 saturated carbocycles. The number of nitrogens with two attached hydrogens (primary N) is 4. The number of nitrogens with one attached hydrogen (secondary N) is 1. The third-order valence-corrected chi connectivity index (χ3v) is 7.13. The van der Waals surface area contributed by atoms with Crippen LogP contribution in [0.5, 0.6) is 0 Å². The van der Waals surface area contributed by atoms with Crippen molar-refractivity contribution in [1.29, 1.82) is 0 Å². The molecule has 3 unspecified atom stereocenters. The molecular formula is C30H44F2N8O4. The van der Waals surface area contributed by atoms with Crippen LogP contribution in [0.3, 0.4) is 0 Å². The number of rotatable bonds is 19. The molecule has 2 aliphatic rings. The van der Waals surface area contributed by atoms with E-state index >= 15 is 0 Å². The molecule has 14 heteroatoms. The highest BCUT2D eigenvalue weighted by Gasteiger charge is 2.29. The topological polar surface area (TPSA) is 188 Å². The number of hydrogen-bond acceptors (Lipinski definition) is 11. The number of ether oxygens (including phenoxy) is 2. The first kappa shape index (κ1) is 34.3. The first-order valence-electron chi connectivity index (χ1n) is 14.7. The zero-order valence-electron chi connectivity index (χ0n) is 25.0. The van der Waals surface area contributed by atoms with Crippen LogP contribution in [0.25, 0.3) is 0 Å². The highest BCUT2D eigenvalue weighted by molar-refractivity contribution is 5.78. The Kier molecular flexibility index (Phi) is 13.4. The van der Waals surface area contributed by atoms with E-state index in [9.17, 15) is 18.4 Å². The summed E-state index contributed by atoms with van der Waals surface area (Å²) in [5.74, 6) is 10.6. The maximum Gasteiger partial charge on any atom is 0.241 e. The van der Waals surface area contributed by atoms with Gasteiger partial charge < -0.3 is 41.1 Å². The van der Waals surface area contributed by atoms with Gasteiger partial charge in [0.2, 0.25) is 23.6 Å². The number of halogens is 2. The molecule has 9 N–H and O–H groups in total. The van der Waals surface area contributed by atoms with E-state index in [-0.39, 0.29) is 62.9 Å². The van der Waals surface area contributed by atoms with Crippen molar-refractivity contribution in [3.8, 4) is 0 Å². The van der Waals surface area contributed by atoms with Crippen LogP contribution in [0, 0.1) is 11.9 Å². The summed E-state index contributed by atoms with van der Waals surface area (Å²) in [5, 5.41) is 4.59. The fraction of sp³-hybridized carbons (Fsp3) is 0.500. The zero-order chi connectivity index (χ0) is 32.1. The summed E-state index contributed by atoms with van der Waals surface area (Å²) in [4.78, 5) is 27.0. The highest BCUT2D eigenvalue weighted by atomic mass is 19.1.